The molecule has 0 radical (unpaired) electrons. The quantitative estimate of drug-likeness (QED) is 0.469. The van der Waals surface area contributed by atoms with Gasteiger partial charge in [-0.25, -0.2) is 9.48 Å². The van der Waals surface area contributed by atoms with Crippen molar-refractivity contribution in [2.24, 2.45) is 5.73 Å². The third kappa shape index (κ3) is 4.71. The first-order valence-electron chi connectivity index (χ1n) is 5.31. The standard InChI is InChI=1S/C9H14N6O4/c1-11-9(19)12-7(16)4-15-3-5(13-14-15)2-6(10)8(17)18/h3,6H,2,4,10H2,1H3,(H,17,18)(H2,11,12,16,19). The second-order valence-corrected chi connectivity index (χ2v) is 3.68. The fraction of sp³-hybridized carbons (Fsp3) is 0.444. The van der Waals surface area contributed by atoms with Gasteiger partial charge in [-0.05, 0) is 0 Å². The molecule has 1 aromatic heterocycles. The van der Waals surface area contributed by atoms with Crippen LogP contribution in [0.3, 0.4) is 0 Å². The smallest absolute Gasteiger partial charge is 0.321 e. The highest BCUT2D eigenvalue weighted by Gasteiger charge is 2.15. The summed E-state index contributed by atoms with van der Waals surface area (Å²) >= 11 is 0. The summed E-state index contributed by atoms with van der Waals surface area (Å²) in [6.07, 6.45) is 1.40. The zero-order valence-corrected chi connectivity index (χ0v) is 10.2. The molecule has 1 heterocycles. The van der Waals surface area contributed by atoms with Crippen molar-refractivity contribution < 1.29 is 19.5 Å². The molecule has 104 valence electrons. The number of rotatable bonds is 5. The van der Waals surface area contributed by atoms with E-state index in [1.165, 1.54) is 17.9 Å². The van der Waals surface area contributed by atoms with E-state index in [-0.39, 0.29) is 13.0 Å². The molecule has 0 aliphatic rings. The summed E-state index contributed by atoms with van der Waals surface area (Å²) < 4.78 is 1.18. The molecule has 0 aliphatic carbocycles. The molecule has 10 nitrogen and oxygen atoms in total. The van der Waals surface area contributed by atoms with E-state index >= 15 is 0 Å². The van der Waals surface area contributed by atoms with E-state index in [0.29, 0.717) is 5.69 Å². The molecule has 5 N–H and O–H groups in total. The third-order valence-corrected chi connectivity index (χ3v) is 2.12. The van der Waals surface area contributed by atoms with Crippen LogP contribution in [0.25, 0.3) is 0 Å². The first-order chi connectivity index (χ1) is 8.92. The summed E-state index contributed by atoms with van der Waals surface area (Å²) in [4.78, 5) is 32.8. The van der Waals surface area contributed by atoms with Crippen molar-refractivity contribution in [3.8, 4) is 0 Å². The number of aromatic nitrogens is 3. The summed E-state index contributed by atoms with van der Waals surface area (Å²) in [5.74, 6) is -1.72. The van der Waals surface area contributed by atoms with E-state index in [4.69, 9.17) is 10.8 Å². The highest BCUT2D eigenvalue weighted by molar-refractivity contribution is 5.93. The molecule has 0 bridgehead atoms. The zero-order valence-electron chi connectivity index (χ0n) is 10.2. The molecule has 3 amide bonds. The lowest BCUT2D eigenvalue weighted by molar-refractivity contribution is -0.138. The molecule has 0 aromatic carbocycles. The van der Waals surface area contributed by atoms with E-state index in [9.17, 15) is 14.4 Å². The number of amides is 3. The normalized spacial score (nSPS) is 11.7. The number of carboxylic acid groups (broad SMARTS) is 1. The van der Waals surface area contributed by atoms with Crippen molar-refractivity contribution in [3.05, 3.63) is 11.9 Å². The Morgan fingerprint density at radius 2 is 2.21 bits per heavy atom. The van der Waals surface area contributed by atoms with Gasteiger partial charge in [0.2, 0.25) is 5.91 Å². The molecular formula is C9H14N6O4. The van der Waals surface area contributed by atoms with Gasteiger partial charge >= 0.3 is 12.0 Å². The Morgan fingerprint density at radius 3 is 2.79 bits per heavy atom. The Hall–Kier alpha value is -2.49. The molecule has 0 saturated carbocycles. The molecule has 1 rings (SSSR count). The maximum atomic E-state index is 11.3. The molecule has 0 fully saturated rings. The van der Waals surface area contributed by atoms with E-state index < -0.39 is 23.9 Å². The van der Waals surface area contributed by atoms with Gasteiger partial charge in [-0.1, -0.05) is 5.21 Å². The van der Waals surface area contributed by atoms with Crippen LogP contribution in [0.5, 0.6) is 0 Å². The zero-order chi connectivity index (χ0) is 14.4. The molecule has 1 unspecified atom stereocenters. The number of imide groups is 1. The maximum absolute atomic E-state index is 11.3. The molecule has 1 aromatic rings. The summed E-state index contributed by atoms with van der Waals surface area (Å²) in [7, 11) is 1.38. The van der Waals surface area contributed by atoms with Crippen molar-refractivity contribution in [3.63, 3.8) is 0 Å². The molecular weight excluding hydrogens is 256 g/mol. The largest absolute Gasteiger partial charge is 0.480 e. The average Bonchev–Trinajstić information content (AvgIpc) is 2.75. The minimum Gasteiger partial charge on any atom is -0.480 e. The van der Waals surface area contributed by atoms with Crippen LogP contribution in [0.2, 0.25) is 0 Å². The van der Waals surface area contributed by atoms with Crippen molar-refractivity contribution >= 4 is 17.9 Å². The van der Waals surface area contributed by atoms with E-state index in [1.807, 2.05) is 5.32 Å². The van der Waals surface area contributed by atoms with Crippen LogP contribution in [0.1, 0.15) is 5.69 Å². The highest BCUT2D eigenvalue weighted by atomic mass is 16.4. The monoisotopic (exact) mass is 270 g/mol. The van der Waals surface area contributed by atoms with Crippen molar-refractivity contribution in [2.75, 3.05) is 7.05 Å². The third-order valence-electron chi connectivity index (χ3n) is 2.12. The fourth-order valence-corrected chi connectivity index (χ4v) is 1.20. The van der Waals surface area contributed by atoms with Crippen molar-refractivity contribution in [1.82, 2.24) is 25.6 Å². The fourth-order valence-electron chi connectivity index (χ4n) is 1.20. The SMILES string of the molecule is CNC(=O)NC(=O)Cn1cc(CC(N)C(=O)O)nn1. The topological polar surface area (TPSA) is 152 Å². The van der Waals surface area contributed by atoms with Crippen molar-refractivity contribution in [2.45, 2.75) is 19.0 Å². The lowest BCUT2D eigenvalue weighted by Crippen LogP contribution is -2.39. The summed E-state index contributed by atoms with van der Waals surface area (Å²) in [6, 6.07) is -1.71. The predicted molar refractivity (Wildman–Crippen MR) is 61.9 cm³/mol. The van der Waals surface area contributed by atoms with Gasteiger partial charge in [-0.15, -0.1) is 5.10 Å². The van der Waals surface area contributed by atoms with Crippen LogP contribution in [0.4, 0.5) is 4.79 Å². The van der Waals surface area contributed by atoms with Crippen LogP contribution < -0.4 is 16.4 Å². The number of nitrogens with zero attached hydrogens (tertiary/aromatic N) is 3. The van der Waals surface area contributed by atoms with Gasteiger partial charge < -0.3 is 16.2 Å². The average molecular weight is 270 g/mol. The van der Waals surface area contributed by atoms with Crippen LogP contribution in [-0.2, 0) is 22.6 Å². The Morgan fingerprint density at radius 1 is 1.53 bits per heavy atom. The molecule has 1 atom stereocenters. The number of carboxylic acids is 1. The Labute approximate surface area is 107 Å². The summed E-state index contributed by atoms with van der Waals surface area (Å²) in [5, 5.41) is 20.2. The van der Waals surface area contributed by atoms with Gasteiger partial charge in [0.1, 0.15) is 12.6 Å². The molecule has 0 spiro atoms. The second kappa shape index (κ2) is 6.44. The first-order valence-corrected chi connectivity index (χ1v) is 5.31. The summed E-state index contributed by atoms with van der Waals surface area (Å²) in [5.41, 5.74) is 5.68. The minimum atomic E-state index is -1.15. The number of carbonyl (C=O) groups is 3. The highest BCUT2D eigenvalue weighted by Crippen LogP contribution is 1.97. The van der Waals surface area contributed by atoms with Crippen LogP contribution in [-0.4, -0.2) is 51.1 Å². The number of hydrogen-bond donors (Lipinski definition) is 4. The van der Waals surface area contributed by atoms with Gasteiger partial charge in [0.15, 0.2) is 0 Å². The van der Waals surface area contributed by atoms with Crippen LogP contribution >= 0.6 is 0 Å². The lowest BCUT2D eigenvalue weighted by atomic mass is 10.2. The van der Waals surface area contributed by atoms with E-state index in [1.54, 1.807) is 0 Å². The summed E-state index contributed by atoms with van der Waals surface area (Å²) in [6.45, 7) is -0.206. The number of nitrogens with one attached hydrogen (secondary N) is 2. The molecule has 0 aliphatic heterocycles. The van der Waals surface area contributed by atoms with Crippen LogP contribution in [0.15, 0.2) is 6.20 Å². The first kappa shape index (κ1) is 14.6. The van der Waals surface area contributed by atoms with Gasteiger partial charge in [-0.2, -0.15) is 0 Å². The number of urea groups is 1. The van der Waals surface area contributed by atoms with Gasteiger partial charge in [0.25, 0.3) is 0 Å². The lowest BCUT2D eigenvalue weighted by Gasteiger charge is -2.02. The van der Waals surface area contributed by atoms with Gasteiger partial charge in [0.05, 0.1) is 5.69 Å². The number of hydrogen-bond acceptors (Lipinski definition) is 6. The molecule has 10 heteroatoms. The number of aliphatic carboxylic acids is 1. The Kier molecular flexibility index (Phi) is 4.94. The maximum Gasteiger partial charge on any atom is 0.321 e. The Bertz CT molecular complexity index is 485. The minimum absolute atomic E-state index is 0.00635. The van der Waals surface area contributed by atoms with Gasteiger partial charge in [0, 0.05) is 19.7 Å². The number of carbonyl (C=O) groups excluding carboxylic acids is 2. The number of nitrogens with two attached hydrogens (primary N) is 1. The Balaban J connectivity index is 2.53. The van der Waals surface area contributed by atoms with Gasteiger partial charge in [-0.3, -0.25) is 14.9 Å². The molecule has 0 saturated heterocycles. The van der Waals surface area contributed by atoms with E-state index in [2.05, 4.69) is 15.6 Å². The van der Waals surface area contributed by atoms with Crippen LogP contribution in [0, 0.1) is 0 Å². The van der Waals surface area contributed by atoms with Crippen molar-refractivity contribution in [1.29, 1.82) is 0 Å². The molecule has 19 heavy (non-hydrogen) atoms. The second-order valence-electron chi connectivity index (χ2n) is 3.68. The van der Waals surface area contributed by atoms with E-state index in [0.717, 1.165) is 0 Å². The predicted octanol–water partition coefficient (Wildman–Crippen LogP) is -2.31.